The number of anilines is 3. The van der Waals surface area contributed by atoms with Crippen LogP contribution < -0.4 is 15.0 Å². The standard InChI is InChI=1S/C31H34F2N8O4/c32-29(33)28(42)30(43)41-9-6-24(7-10-41)45-26-3-1-20(15-21(26)16-34)25-5-8-35-31(37-25)38-27-4-2-22(17-36-27)39-11-13-40(14-12-39)23-18-44-19-23/h1-5,8,15,17,23-24,28-29,42H,6-7,9-14,18-19H2,(H,35,36,37,38)/t28-/m1/s1. The van der Waals surface area contributed by atoms with E-state index in [2.05, 4.69) is 36.1 Å². The van der Waals surface area contributed by atoms with Crippen LogP contribution in [0.15, 0.2) is 48.8 Å². The maximum atomic E-state index is 12.7. The van der Waals surface area contributed by atoms with Gasteiger partial charge in [-0.1, -0.05) is 0 Å². The van der Waals surface area contributed by atoms with Crippen molar-refractivity contribution in [2.24, 2.45) is 0 Å². The van der Waals surface area contributed by atoms with E-state index in [9.17, 15) is 23.9 Å². The Bertz CT molecular complexity index is 1520. The number of nitrogens with one attached hydrogen (secondary N) is 1. The zero-order valence-corrected chi connectivity index (χ0v) is 24.6. The average Bonchev–Trinajstić information content (AvgIpc) is 3.04. The van der Waals surface area contributed by atoms with Gasteiger partial charge in [0.15, 0.2) is 6.10 Å². The summed E-state index contributed by atoms with van der Waals surface area (Å²) in [5, 5.41) is 22.3. The maximum absolute atomic E-state index is 12.7. The number of alkyl halides is 2. The summed E-state index contributed by atoms with van der Waals surface area (Å²) in [6.07, 6.45) is -1.51. The molecule has 2 aromatic heterocycles. The molecule has 6 rings (SSSR count). The average molecular weight is 621 g/mol. The van der Waals surface area contributed by atoms with Crippen LogP contribution in [-0.4, -0.2) is 113 Å². The van der Waals surface area contributed by atoms with E-state index in [-0.39, 0.29) is 19.2 Å². The van der Waals surface area contributed by atoms with Gasteiger partial charge in [-0.15, -0.1) is 0 Å². The van der Waals surface area contributed by atoms with Crippen LogP contribution in [0.5, 0.6) is 5.75 Å². The van der Waals surface area contributed by atoms with Crippen LogP contribution >= 0.6 is 0 Å². The molecule has 3 fully saturated rings. The lowest BCUT2D eigenvalue weighted by atomic mass is 10.1. The van der Waals surface area contributed by atoms with Crippen LogP contribution in [-0.2, 0) is 9.53 Å². The summed E-state index contributed by atoms with van der Waals surface area (Å²) in [5.41, 5.74) is 2.68. The van der Waals surface area contributed by atoms with Crippen molar-refractivity contribution in [3.8, 4) is 23.1 Å². The minimum Gasteiger partial charge on any atom is -0.489 e. The van der Waals surface area contributed by atoms with Crippen molar-refractivity contribution in [1.82, 2.24) is 24.8 Å². The molecular weight excluding hydrogens is 586 g/mol. The van der Waals surface area contributed by atoms with Crippen LogP contribution in [0, 0.1) is 11.3 Å². The summed E-state index contributed by atoms with van der Waals surface area (Å²) in [6.45, 7) is 5.92. The zero-order chi connectivity index (χ0) is 31.3. The number of aromatic nitrogens is 3. The minimum atomic E-state index is -3.13. The normalized spacial score (nSPS) is 18.7. The smallest absolute Gasteiger partial charge is 0.273 e. The maximum Gasteiger partial charge on any atom is 0.273 e. The summed E-state index contributed by atoms with van der Waals surface area (Å²) in [4.78, 5) is 31.5. The van der Waals surface area contributed by atoms with Crippen molar-refractivity contribution in [3.05, 3.63) is 54.4 Å². The third-order valence-corrected chi connectivity index (χ3v) is 8.39. The second-order valence-electron chi connectivity index (χ2n) is 11.3. The highest BCUT2D eigenvalue weighted by molar-refractivity contribution is 5.81. The number of piperazine rings is 1. The number of piperidine rings is 1. The quantitative estimate of drug-likeness (QED) is 0.365. The largest absolute Gasteiger partial charge is 0.489 e. The predicted molar refractivity (Wildman–Crippen MR) is 160 cm³/mol. The molecule has 12 nitrogen and oxygen atoms in total. The first-order valence-electron chi connectivity index (χ1n) is 15.0. The van der Waals surface area contributed by atoms with Gasteiger partial charge in [-0.2, -0.15) is 5.26 Å². The molecule has 2 N–H and O–H groups in total. The topological polar surface area (TPSA) is 140 Å². The van der Waals surface area contributed by atoms with Gasteiger partial charge < -0.3 is 29.7 Å². The molecule has 236 valence electrons. The number of hydrogen-bond acceptors (Lipinski definition) is 11. The molecule has 3 aromatic rings. The van der Waals surface area contributed by atoms with Gasteiger partial charge in [-0.25, -0.2) is 23.7 Å². The summed E-state index contributed by atoms with van der Waals surface area (Å²) in [6, 6.07) is 13.6. The van der Waals surface area contributed by atoms with E-state index >= 15 is 0 Å². The number of amides is 1. The number of pyridine rings is 1. The number of aliphatic hydroxyl groups excluding tert-OH is 1. The van der Waals surface area contributed by atoms with Crippen molar-refractivity contribution in [2.75, 3.05) is 62.7 Å². The highest BCUT2D eigenvalue weighted by Crippen LogP contribution is 2.29. The number of benzene rings is 1. The van der Waals surface area contributed by atoms with E-state index in [0.29, 0.717) is 53.2 Å². The number of aliphatic hydroxyl groups is 1. The number of likely N-dealkylation sites (tertiary alicyclic amines) is 1. The van der Waals surface area contributed by atoms with E-state index in [0.717, 1.165) is 45.1 Å². The highest BCUT2D eigenvalue weighted by Gasteiger charge is 2.33. The van der Waals surface area contributed by atoms with E-state index in [1.165, 1.54) is 4.90 Å². The van der Waals surface area contributed by atoms with Crippen molar-refractivity contribution < 1.29 is 28.2 Å². The minimum absolute atomic E-state index is 0.176. The van der Waals surface area contributed by atoms with Gasteiger partial charge in [0.1, 0.15) is 23.7 Å². The number of halogens is 2. The fraction of sp³-hybridized carbons (Fsp3) is 0.452. The van der Waals surface area contributed by atoms with Crippen molar-refractivity contribution in [3.63, 3.8) is 0 Å². The molecule has 0 saturated carbocycles. The molecule has 0 radical (unpaired) electrons. The number of hydrogen-bond donors (Lipinski definition) is 2. The van der Waals surface area contributed by atoms with Crippen LogP contribution in [0.25, 0.3) is 11.3 Å². The lowest BCUT2D eigenvalue weighted by Crippen LogP contribution is -2.56. The molecular formula is C31H34F2N8O4. The van der Waals surface area contributed by atoms with Gasteiger partial charge in [-0.05, 0) is 36.4 Å². The number of carbonyl (C=O) groups excluding carboxylic acids is 1. The van der Waals surface area contributed by atoms with Gasteiger partial charge >= 0.3 is 0 Å². The Morgan fingerprint density at radius 2 is 1.84 bits per heavy atom. The molecule has 45 heavy (non-hydrogen) atoms. The number of nitriles is 1. The second kappa shape index (κ2) is 13.7. The lowest BCUT2D eigenvalue weighted by Gasteiger charge is -2.43. The van der Waals surface area contributed by atoms with Crippen molar-refractivity contribution in [1.29, 1.82) is 5.26 Å². The molecule has 3 saturated heterocycles. The van der Waals surface area contributed by atoms with Crippen LogP contribution in [0.2, 0.25) is 0 Å². The number of rotatable bonds is 9. The summed E-state index contributed by atoms with van der Waals surface area (Å²) < 4.78 is 36.8. The fourth-order valence-corrected chi connectivity index (χ4v) is 5.67. The van der Waals surface area contributed by atoms with Crippen molar-refractivity contribution >= 4 is 23.4 Å². The molecule has 1 atom stereocenters. The number of carbonyl (C=O) groups is 1. The van der Waals surface area contributed by atoms with Gasteiger partial charge in [-0.3, -0.25) is 9.69 Å². The van der Waals surface area contributed by atoms with Gasteiger partial charge in [0.2, 0.25) is 5.95 Å². The molecule has 0 bridgehead atoms. The second-order valence-corrected chi connectivity index (χ2v) is 11.3. The van der Waals surface area contributed by atoms with Crippen molar-refractivity contribution in [2.45, 2.75) is 37.5 Å². The third kappa shape index (κ3) is 7.11. The molecule has 1 amide bonds. The van der Waals surface area contributed by atoms with E-state index in [1.54, 1.807) is 30.5 Å². The molecule has 0 unspecified atom stereocenters. The third-order valence-electron chi connectivity index (χ3n) is 8.39. The molecule has 1 aromatic carbocycles. The zero-order valence-electron chi connectivity index (χ0n) is 24.6. The summed E-state index contributed by atoms with van der Waals surface area (Å²) in [7, 11) is 0. The molecule has 0 spiro atoms. The Labute approximate surface area is 259 Å². The Kier molecular flexibility index (Phi) is 9.29. The van der Waals surface area contributed by atoms with Crippen LogP contribution in [0.4, 0.5) is 26.2 Å². The van der Waals surface area contributed by atoms with E-state index in [4.69, 9.17) is 9.47 Å². The van der Waals surface area contributed by atoms with E-state index in [1.807, 2.05) is 18.3 Å². The molecule has 5 heterocycles. The first-order chi connectivity index (χ1) is 21.9. The Morgan fingerprint density at radius 1 is 1.07 bits per heavy atom. The monoisotopic (exact) mass is 620 g/mol. The Balaban J connectivity index is 1.05. The Morgan fingerprint density at radius 3 is 2.49 bits per heavy atom. The summed E-state index contributed by atoms with van der Waals surface area (Å²) in [5.74, 6) is 0.371. The number of nitrogens with zero attached hydrogens (tertiary/aromatic N) is 7. The van der Waals surface area contributed by atoms with E-state index < -0.39 is 18.4 Å². The molecule has 14 heteroatoms. The van der Waals surface area contributed by atoms with Gasteiger partial charge in [0.05, 0.1) is 42.4 Å². The number of ether oxygens (including phenoxy) is 2. The Hall–Kier alpha value is -4.45. The highest BCUT2D eigenvalue weighted by atomic mass is 19.3. The molecule has 0 aliphatic carbocycles. The molecule has 3 aliphatic rings. The van der Waals surface area contributed by atoms with Gasteiger partial charge in [0.25, 0.3) is 12.3 Å². The van der Waals surface area contributed by atoms with Gasteiger partial charge in [0, 0.05) is 63.9 Å². The van der Waals surface area contributed by atoms with Crippen LogP contribution in [0.3, 0.4) is 0 Å². The molecule has 3 aliphatic heterocycles. The van der Waals surface area contributed by atoms with Crippen LogP contribution in [0.1, 0.15) is 18.4 Å². The lowest BCUT2D eigenvalue weighted by molar-refractivity contribution is -0.150. The summed E-state index contributed by atoms with van der Waals surface area (Å²) >= 11 is 0. The first-order valence-corrected chi connectivity index (χ1v) is 15.0. The predicted octanol–water partition coefficient (Wildman–Crippen LogP) is 2.67. The fourth-order valence-electron chi connectivity index (χ4n) is 5.67. The SMILES string of the molecule is N#Cc1cc(-c2ccnc(Nc3ccc(N4CCN(C5COC5)CC4)cn3)n2)ccc1OC1CCN(C(=O)[C@H](O)C(F)F)CC1. The first kappa shape index (κ1) is 30.6.